The number of morpholine rings is 1. The Bertz CT molecular complexity index is 573. The van der Waals surface area contributed by atoms with Crippen molar-refractivity contribution in [3.05, 3.63) is 24.2 Å². The van der Waals surface area contributed by atoms with Gasteiger partial charge in [-0.05, 0) is 25.5 Å². The van der Waals surface area contributed by atoms with Crippen molar-refractivity contribution in [2.24, 2.45) is 4.99 Å². The highest BCUT2D eigenvalue weighted by atomic mass is 127. The van der Waals surface area contributed by atoms with E-state index < -0.39 is 5.79 Å². The second-order valence-electron chi connectivity index (χ2n) is 7.30. The maximum absolute atomic E-state index is 5.67. The quantitative estimate of drug-likeness (QED) is 0.210. The molecule has 2 N–H and O–H groups in total. The molecule has 0 saturated carbocycles. The molecule has 0 spiro atoms. The number of aliphatic imine (C=N–C) groups is 1. The summed E-state index contributed by atoms with van der Waals surface area (Å²) in [6, 6.07) is 3.90. The molecule has 8 nitrogen and oxygen atoms in total. The van der Waals surface area contributed by atoms with Crippen LogP contribution in [-0.2, 0) is 20.6 Å². The molecule has 3 heterocycles. The van der Waals surface area contributed by atoms with Gasteiger partial charge in [-0.3, -0.25) is 9.89 Å². The first-order chi connectivity index (χ1) is 13.7. The maximum atomic E-state index is 5.67. The van der Waals surface area contributed by atoms with E-state index in [4.69, 9.17) is 23.6 Å². The molecule has 0 amide bonds. The SMILES string of the molecule is CC1(CCNC(=NCCCN2CCOCC2)NCCc2ccco2)OCCO1.I. The molecule has 3 rings (SSSR count). The van der Waals surface area contributed by atoms with Crippen molar-refractivity contribution in [3.8, 4) is 0 Å². The average Bonchev–Trinajstić information content (AvgIpc) is 3.38. The number of furan rings is 1. The van der Waals surface area contributed by atoms with Gasteiger partial charge in [0, 0.05) is 52.1 Å². The van der Waals surface area contributed by atoms with Gasteiger partial charge in [-0.1, -0.05) is 0 Å². The predicted molar refractivity (Wildman–Crippen MR) is 123 cm³/mol. The van der Waals surface area contributed by atoms with E-state index in [9.17, 15) is 0 Å². The van der Waals surface area contributed by atoms with E-state index in [2.05, 4.69) is 15.5 Å². The minimum absolute atomic E-state index is 0. The highest BCUT2D eigenvalue weighted by molar-refractivity contribution is 14.0. The zero-order valence-corrected chi connectivity index (χ0v) is 19.7. The Balaban J connectivity index is 0.00000300. The summed E-state index contributed by atoms with van der Waals surface area (Å²) in [5.74, 6) is 1.32. The minimum Gasteiger partial charge on any atom is -0.469 e. The second kappa shape index (κ2) is 13.4. The molecule has 0 aliphatic carbocycles. The van der Waals surface area contributed by atoms with Gasteiger partial charge in [0.25, 0.3) is 0 Å². The third-order valence-electron chi connectivity index (χ3n) is 5.02. The molecule has 29 heavy (non-hydrogen) atoms. The van der Waals surface area contributed by atoms with Gasteiger partial charge in [0.1, 0.15) is 5.76 Å². The number of guanidine groups is 1. The normalized spacial score (nSPS) is 19.7. The van der Waals surface area contributed by atoms with E-state index in [-0.39, 0.29) is 24.0 Å². The van der Waals surface area contributed by atoms with Gasteiger partial charge in [0.15, 0.2) is 11.7 Å². The van der Waals surface area contributed by atoms with Crippen LogP contribution < -0.4 is 10.6 Å². The Labute approximate surface area is 190 Å². The summed E-state index contributed by atoms with van der Waals surface area (Å²) >= 11 is 0. The first kappa shape index (κ1) is 24.4. The van der Waals surface area contributed by atoms with E-state index in [0.717, 1.165) is 83.5 Å². The van der Waals surface area contributed by atoms with Crippen molar-refractivity contribution in [2.45, 2.75) is 32.0 Å². The number of hydrogen-bond acceptors (Lipinski definition) is 6. The van der Waals surface area contributed by atoms with Crippen molar-refractivity contribution in [1.29, 1.82) is 0 Å². The molecule has 2 fully saturated rings. The maximum Gasteiger partial charge on any atom is 0.191 e. The van der Waals surface area contributed by atoms with E-state index >= 15 is 0 Å². The van der Waals surface area contributed by atoms with Crippen molar-refractivity contribution in [2.75, 3.05) is 65.7 Å². The molecule has 0 aromatic carbocycles. The van der Waals surface area contributed by atoms with Crippen molar-refractivity contribution < 1.29 is 18.6 Å². The van der Waals surface area contributed by atoms with Gasteiger partial charge in [-0.2, -0.15) is 0 Å². The van der Waals surface area contributed by atoms with Crippen molar-refractivity contribution >= 4 is 29.9 Å². The van der Waals surface area contributed by atoms with Gasteiger partial charge in [0.05, 0.1) is 32.7 Å². The van der Waals surface area contributed by atoms with E-state index in [1.54, 1.807) is 6.26 Å². The lowest BCUT2D eigenvalue weighted by Gasteiger charge is -2.26. The molecular weight excluding hydrogens is 487 g/mol. The van der Waals surface area contributed by atoms with Gasteiger partial charge < -0.3 is 29.3 Å². The Morgan fingerprint density at radius 2 is 1.90 bits per heavy atom. The summed E-state index contributed by atoms with van der Waals surface area (Å²) in [6.45, 7) is 10.4. The first-order valence-electron chi connectivity index (χ1n) is 10.4. The molecule has 9 heteroatoms. The van der Waals surface area contributed by atoms with Crippen LogP contribution in [0.4, 0.5) is 0 Å². The molecule has 0 radical (unpaired) electrons. The smallest absolute Gasteiger partial charge is 0.191 e. The minimum atomic E-state index is -0.484. The fraction of sp³-hybridized carbons (Fsp3) is 0.750. The summed E-state index contributed by atoms with van der Waals surface area (Å²) in [5, 5.41) is 6.80. The highest BCUT2D eigenvalue weighted by Crippen LogP contribution is 2.21. The molecular formula is C20H35IN4O4. The van der Waals surface area contributed by atoms with Crippen LogP contribution in [0.2, 0.25) is 0 Å². The van der Waals surface area contributed by atoms with Crippen LogP contribution in [0, 0.1) is 0 Å². The Morgan fingerprint density at radius 3 is 2.62 bits per heavy atom. The lowest BCUT2D eigenvalue weighted by molar-refractivity contribution is -0.145. The Morgan fingerprint density at radius 1 is 1.14 bits per heavy atom. The van der Waals surface area contributed by atoms with Gasteiger partial charge in [-0.25, -0.2) is 0 Å². The summed E-state index contributed by atoms with van der Waals surface area (Å²) in [6.07, 6.45) is 4.34. The number of ether oxygens (including phenoxy) is 3. The van der Waals surface area contributed by atoms with Gasteiger partial charge in [0.2, 0.25) is 0 Å². The summed E-state index contributed by atoms with van der Waals surface area (Å²) in [4.78, 5) is 7.17. The predicted octanol–water partition coefficient (Wildman–Crippen LogP) is 1.85. The summed E-state index contributed by atoms with van der Waals surface area (Å²) in [7, 11) is 0. The number of halogens is 1. The third-order valence-corrected chi connectivity index (χ3v) is 5.02. The highest BCUT2D eigenvalue weighted by Gasteiger charge is 2.30. The lowest BCUT2D eigenvalue weighted by atomic mass is 10.2. The standard InChI is InChI=1S/C20H34N4O4.HI/c1-20(27-16-17-28-20)6-9-23-19(22-8-5-18-4-2-13-26-18)21-7-3-10-24-11-14-25-15-12-24;/h2,4,13H,3,5-12,14-17H2,1H3,(H2,21,22,23);1H. The van der Waals surface area contributed by atoms with E-state index in [0.29, 0.717) is 13.2 Å². The molecule has 2 saturated heterocycles. The summed E-state index contributed by atoms with van der Waals surface area (Å²) in [5.41, 5.74) is 0. The molecule has 0 bridgehead atoms. The van der Waals surface area contributed by atoms with E-state index in [1.165, 1.54) is 0 Å². The third kappa shape index (κ3) is 9.20. The zero-order valence-electron chi connectivity index (χ0n) is 17.4. The van der Waals surface area contributed by atoms with Crippen LogP contribution in [0.3, 0.4) is 0 Å². The molecule has 1 aromatic rings. The number of rotatable bonds is 10. The second-order valence-corrected chi connectivity index (χ2v) is 7.30. The monoisotopic (exact) mass is 522 g/mol. The molecule has 2 aliphatic heterocycles. The van der Waals surface area contributed by atoms with Crippen molar-refractivity contribution in [1.82, 2.24) is 15.5 Å². The largest absolute Gasteiger partial charge is 0.469 e. The van der Waals surface area contributed by atoms with E-state index in [1.807, 2.05) is 19.1 Å². The van der Waals surface area contributed by atoms with Gasteiger partial charge in [-0.15, -0.1) is 24.0 Å². The Hall–Kier alpha value is -0.880. The van der Waals surface area contributed by atoms with Crippen LogP contribution in [0.1, 0.15) is 25.5 Å². The number of hydrogen-bond donors (Lipinski definition) is 2. The van der Waals surface area contributed by atoms with Crippen LogP contribution >= 0.6 is 24.0 Å². The average molecular weight is 522 g/mol. The fourth-order valence-electron chi connectivity index (χ4n) is 3.35. The summed E-state index contributed by atoms with van der Waals surface area (Å²) < 4.78 is 22.1. The zero-order chi connectivity index (χ0) is 19.5. The molecule has 1 aromatic heterocycles. The number of nitrogens with one attached hydrogen (secondary N) is 2. The van der Waals surface area contributed by atoms with Gasteiger partial charge >= 0.3 is 0 Å². The molecule has 2 aliphatic rings. The van der Waals surface area contributed by atoms with Crippen LogP contribution in [-0.4, -0.2) is 82.3 Å². The molecule has 0 atom stereocenters. The molecule has 166 valence electrons. The first-order valence-corrected chi connectivity index (χ1v) is 10.4. The van der Waals surface area contributed by atoms with Crippen LogP contribution in [0.25, 0.3) is 0 Å². The van der Waals surface area contributed by atoms with Crippen molar-refractivity contribution in [3.63, 3.8) is 0 Å². The lowest BCUT2D eigenvalue weighted by Crippen LogP contribution is -2.41. The van der Waals surface area contributed by atoms with Crippen LogP contribution in [0.5, 0.6) is 0 Å². The fourth-order valence-corrected chi connectivity index (χ4v) is 3.35. The Kier molecular flexibility index (Phi) is 11.3. The van der Waals surface area contributed by atoms with Crippen LogP contribution in [0.15, 0.2) is 27.8 Å². The molecule has 0 unspecified atom stereocenters. The number of nitrogens with zero attached hydrogens (tertiary/aromatic N) is 2. The topological polar surface area (TPSA) is 80.5 Å².